The molecule has 0 saturated heterocycles. The third-order valence-electron chi connectivity index (χ3n) is 2.74. The van der Waals surface area contributed by atoms with Crippen LogP contribution in [0.1, 0.15) is 18.8 Å². The van der Waals surface area contributed by atoms with Crippen molar-refractivity contribution in [3.63, 3.8) is 0 Å². The van der Waals surface area contributed by atoms with E-state index in [-0.39, 0.29) is 10.9 Å². The maximum absolute atomic E-state index is 11.6. The lowest BCUT2D eigenvalue weighted by atomic mass is 10.3. The molecule has 92 valence electrons. The molecule has 0 radical (unpaired) electrons. The molecule has 1 aromatic carbocycles. The summed E-state index contributed by atoms with van der Waals surface area (Å²) in [5.74, 6) is 0.735. The Morgan fingerprint density at radius 2 is 2.12 bits per heavy atom. The number of rotatable bonds is 3. The first-order valence-electron chi connectivity index (χ1n) is 5.29. The van der Waals surface area contributed by atoms with Crippen molar-refractivity contribution in [3.05, 3.63) is 24.0 Å². The molecule has 2 N–H and O–H groups in total. The third-order valence-corrected chi connectivity index (χ3v) is 3.87. The van der Waals surface area contributed by atoms with Gasteiger partial charge in [-0.15, -0.1) is 0 Å². The predicted octanol–water partition coefficient (Wildman–Crippen LogP) is 1.25. The van der Waals surface area contributed by atoms with Crippen LogP contribution in [0.4, 0.5) is 0 Å². The van der Waals surface area contributed by atoms with Gasteiger partial charge in [-0.3, -0.25) is 0 Å². The number of para-hydroxylation sites is 1. The summed E-state index contributed by atoms with van der Waals surface area (Å²) >= 11 is 0. The van der Waals surface area contributed by atoms with Gasteiger partial charge >= 0.3 is 0 Å². The van der Waals surface area contributed by atoms with Crippen molar-refractivity contribution in [1.82, 2.24) is 15.3 Å². The van der Waals surface area contributed by atoms with Gasteiger partial charge < -0.3 is 10.3 Å². The highest BCUT2D eigenvalue weighted by Gasteiger charge is 2.16. The molecule has 1 atom stereocenters. The van der Waals surface area contributed by atoms with Crippen molar-refractivity contribution in [2.75, 3.05) is 13.3 Å². The number of imidazole rings is 1. The first-order chi connectivity index (χ1) is 7.93. The van der Waals surface area contributed by atoms with Crippen LogP contribution in [0.5, 0.6) is 0 Å². The summed E-state index contributed by atoms with van der Waals surface area (Å²) in [6, 6.07) is 5.16. The second-order valence-electron chi connectivity index (χ2n) is 4.06. The third kappa shape index (κ3) is 2.18. The van der Waals surface area contributed by atoms with Crippen molar-refractivity contribution in [3.8, 4) is 0 Å². The molecular formula is C11H15N3O2S. The molecule has 6 heteroatoms. The second-order valence-corrected chi connectivity index (χ2v) is 6.04. The first-order valence-corrected chi connectivity index (χ1v) is 7.18. The Morgan fingerprint density at radius 3 is 2.71 bits per heavy atom. The van der Waals surface area contributed by atoms with E-state index in [1.54, 1.807) is 12.1 Å². The first kappa shape index (κ1) is 12.1. The van der Waals surface area contributed by atoms with E-state index < -0.39 is 9.84 Å². The maximum atomic E-state index is 11.6. The Morgan fingerprint density at radius 1 is 1.41 bits per heavy atom. The summed E-state index contributed by atoms with van der Waals surface area (Å²) in [5, 5.41) is 3.06. The normalized spacial score (nSPS) is 14.1. The van der Waals surface area contributed by atoms with Gasteiger partial charge in [0.2, 0.25) is 0 Å². The summed E-state index contributed by atoms with van der Waals surface area (Å²) in [6.07, 6.45) is 1.19. The minimum atomic E-state index is -3.25. The standard InChI is InChI=1S/C11H15N3O2S/c1-7(12-2)11-13-8-5-4-6-9(10(8)14-11)17(3,15)16/h4-7,12H,1-3H3,(H,13,14). The zero-order chi connectivity index (χ0) is 12.6. The number of hydrogen-bond donors (Lipinski definition) is 2. The van der Waals surface area contributed by atoms with Gasteiger partial charge in [0, 0.05) is 6.26 Å². The van der Waals surface area contributed by atoms with E-state index in [4.69, 9.17) is 0 Å². The number of hydrogen-bond acceptors (Lipinski definition) is 4. The minimum Gasteiger partial charge on any atom is -0.341 e. The monoisotopic (exact) mass is 253 g/mol. The summed E-state index contributed by atoms with van der Waals surface area (Å²) < 4.78 is 23.3. The zero-order valence-corrected chi connectivity index (χ0v) is 10.8. The molecule has 2 rings (SSSR count). The molecule has 1 aromatic heterocycles. The molecule has 0 fully saturated rings. The van der Waals surface area contributed by atoms with Crippen molar-refractivity contribution in [2.24, 2.45) is 0 Å². The van der Waals surface area contributed by atoms with E-state index in [1.807, 2.05) is 20.0 Å². The van der Waals surface area contributed by atoms with Gasteiger partial charge in [-0.25, -0.2) is 13.4 Å². The molecule has 1 unspecified atom stereocenters. The topological polar surface area (TPSA) is 74.8 Å². The number of H-pyrrole nitrogens is 1. The SMILES string of the molecule is CNC(C)c1nc2c(S(C)(=O)=O)cccc2[nH]1. The highest BCUT2D eigenvalue weighted by molar-refractivity contribution is 7.91. The van der Waals surface area contributed by atoms with E-state index in [0.717, 1.165) is 11.3 Å². The Kier molecular flexibility index (Phi) is 2.92. The minimum absolute atomic E-state index is 0.0508. The maximum Gasteiger partial charge on any atom is 0.177 e. The number of nitrogens with one attached hydrogen (secondary N) is 2. The number of fused-ring (bicyclic) bond motifs is 1. The van der Waals surface area contributed by atoms with Crippen molar-refractivity contribution in [1.29, 1.82) is 0 Å². The molecule has 17 heavy (non-hydrogen) atoms. The number of sulfone groups is 1. The van der Waals surface area contributed by atoms with Crippen LogP contribution in [-0.2, 0) is 9.84 Å². The van der Waals surface area contributed by atoms with Gasteiger partial charge in [0.25, 0.3) is 0 Å². The van der Waals surface area contributed by atoms with Crippen molar-refractivity contribution < 1.29 is 8.42 Å². The van der Waals surface area contributed by atoms with Crippen LogP contribution < -0.4 is 5.32 Å². The van der Waals surface area contributed by atoms with Crippen LogP contribution in [0.2, 0.25) is 0 Å². The summed E-state index contributed by atoms with van der Waals surface area (Å²) in [4.78, 5) is 7.74. The summed E-state index contributed by atoms with van der Waals surface area (Å²) in [5.41, 5.74) is 1.25. The molecule has 0 saturated carbocycles. The summed E-state index contributed by atoms with van der Waals surface area (Å²) in [6.45, 7) is 1.96. The van der Waals surface area contributed by atoms with Crippen LogP contribution in [0, 0.1) is 0 Å². The lowest BCUT2D eigenvalue weighted by molar-refractivity contribution is 0.602. The average Bonchev–Trinajstić information content (AvgIpc) is 2.69. The number of benzene rings is 1. The van der Waals surface area contributed by atoms with E-state index in [1.165, 1.54) is 6.26 Å². The fourth-order valence-corrected chi connectivity index (χ4v) is 2.50. The fourth-order valence-electron chi connectivity index (χ4n) is 1.67. The average molecular weight is 253 g/mol. The van der Waals surface area contributed by atoms with Gasteiger partial charge in [0.05, 0.1) is 16.5 Å². The van der Waals surface area contributed by atoms with Crippen LogP contribution in [-0.4, -0.2) is 31.7 Å². The van der Waals surface area contributed by atoms with Gasteiger partial charge in [0.15, 0.2) is 9.84 Å². The van der Waals surface area contributed by atoms with E-state index in [9.17, 15) is 8.42 Å². The zero-order valence-electron chi connectivity index (χ0n) is 9.98. The molecule has 5 nitrogen and oxygen atoms in total. The Hall–Kier alpha value is -1.40. The van der Waals surface area contributed by atoms with E-state index in [2.05, 4.69) is 15.3 Å². The Labute approximate surface area is 100 Å². The van der Waals surface area contributed by atoms with Gasteiger partial charge in [-0.2, -0.15) is 0 Å². The second kappa shape index (κ2) is 4.12. The molecule has 1 heterocycles. The van der Waals surface area contributed by atoms with Crippen LogP contribution >= 0.6 is 0 Å². The molecular weight excluding hydrogens is 238 g/mol. The Bertz CT molecular complexity index is 646. The molecule has 2 aromatic rings. The van der Waals surface area contributed by atoms with Crippen molar-refractivity contribution >= 4 is 20.9 Å². The smallest absolute Gasteiger partial charge is 0.177 e. The lowest BCUT2D eigenvalue weighted by Crippen LogP contribution is -2.13. The predicted molar refractivity (Wildman–Crippen MR) is 66.7 cm³/mol. The van der Waals surface area contributed by atoms with Gasteiger partial charge in [-0.05, 0) is 26.1 Å². The molecule has 0 bridgehead atoms. The van der Waals surface area contributed by atoms with E-state index in [0.29, 0.717) is 5.52 Å². The molecule has 0 amide bonds. The van der Waals surface area contributed by atoms with Crippen LogP contribution in [0.15, 0.2) is 23.1 Å². The molecule has 0 aliphatic heterocycles. The van der Waals surface area contributed by atoms with Gasteiger partial charge in [-0.1, -0.05) is 6.07 Å². The number of aromatic amines is 1. The molecule has 0 aliphatic carbocycles. The fraction of sp³-hybridized carbons (Fsp3) is 0.364. The van der Waals surface area contributed by atoms with Crippen LogP contribution in [0.25, 0.3) is 11.0 Å². The lowest BCUT2D eigenvalue weighted by Gasteiger charge is -2.04. The van der Waals surface area contributed by atoms with Crippen LogP contribution in [0.3, 0.4) is 0 Å². The number of aromatic nitrogens is 2. The van der Waals surface area contributed by atoms with Crippen molar-refractivity contribution in [2.45, 2.75) is 17.9 Å². The number of nitrogens with zero attached hydrogens (tertiary/aromatic N) is 1. The molecule has 0 aliphatic rings. The quantitative estimate of drug-likeness (QED) is 0.863. The largest absolute Gasteiger partial charge is 0.341 e. The highest BCUT2D eigenvalue weighted by Crippen LogP contribution is 2.22. The van der Waals surface area contributed by atoms with Gasteiger partial charge in [0.1, 0.15) is 11.3 Å². The highest BCUT2D eigenvalue weighted by atomic mass is 32.2. The van der Waals surface area contributed by atoms with E-state index >= 15 is 0 Å². The molecule has 0 spiro atoms. The summed E-state index contributed by atoms with van der Waals surface area (Å²) in [7, 11) is -1.42. The Balaban J connectivity index is 2.69.